The number of rotatable bonds is 2. The number of likely N-dealkylation sites (N-methyl/N-ethyl adjacent to an activating group) is 2. The molecule has 0 saturated carbocycles. The molecule has 1 aromatic carbocycles. The summed E-state index contributed by atoms with van der Waals surface area (Å²) in [5.74, 6) is -0.781. The molecular formula is C17H14IN3O2S. The zero-order valence-corrected chi connectivity index (χ0v) is 16.0. The highest BCUT2D eigenvalue weighted by Crippen LogP contribution is 2.21. The van der Waals surface area contributed by atoms with Gasteiger partial charge in [0, 0.05) is 35.2 Å². The van der Waals surface area contributed by atoms with Gasteiger partial charge in [0.15, 0.2) is 5.11 Å². The number of carbonyl (C=O) groups is 2. The highest BCUT2D eigenvalue weighted by Gasteiger charge is 2.35. The molecule has 122 valence electrons. The Morgan fingerprint density at radius 3 is 2.17 bits per heavy atom. The zero-order valence-electron chi connectivity index (χ0n) is 13.1. The van der Waals surface area contributed by atoms with Crippen molar-refractivity contribution in [3.63, 3.8) is 0 Å². The number of hydrogen-bond donors (Lipinski definition) is 0. The van der Waals surface area contributed by atoms with E-state index in [0.29, 0.717) is 0 Å². The molecule has 24 heavy (non-hydrogen) atoms. The molecule has 3 rings (SSSR count). The Kier molecular flexibility index (Phi) is 4.55. The van der Waals surface area contributed by atoms with Crippen molar-refractivity contribution < 1.29 is 9.59 Å². The molecule has 2 amide bonds. The van der Waals surface area contributed by atoms with E-state index in [4.69, 9.17) is 12.2 Å². The third-order valence-electron chi connectivity index (χ3n) is 3.82. The van der Waals surface area contributed by atoms with Crippen molar-refractivity contribution in [2.75, 3.05) is 14.1 Å². The van der Waals surface area contributed by atoms with Crippen molar-refractivity contribution in [2.45, 2.75) is 0 Å². The molecule has 1 aliphatic heterocycles. The minimum atomic E-state index is -0.390. The topological polar surface area (TPSA) is 45.6 Å². The van der Waals surface area contributed by atoms with Crippen LogP contribution in [0, 0.1) is 3.57 Å². The predicted molar refractivity (Wildman–Crippen MR) is 105 cm³/mol. The molecule has 0 unspecified atom stereocenters. The second-order valence-electron chi connectivity index (χ2n) is 5.35. The first-order valence-electron chi connectivity index (χ1n) is 7.15. The molecule has 2 heterocycles. The summed E-state index contributed by atoms with van der Waals surface area (Å²) in [5.41, 5.74) is 1.81. The number of hydrogen-bond acceptors (Lipinski definition) is 3. The lowest BCUT2D eigenvalue weighted by Crippen LogP contribution is -2.52. The Labute approximate surface area is 158 Å². The summed E-state index contributed by atoms with van der Waals surface area (Å²) < 4.78 is 3.06. The van der Waals surface area contributed by atoms with E-state index in [1.807, 2.05) is 47.2 Å². The fourth-order valence-electron chi connectivity index (χ4n) is 2.47. The first kappa shape index (κ1) is 16.8. The van der Waals surface area contributed by atoms with Gasteiger partial charge in [-0.1, -0.05) is 0 Å². The fraction of sp³-hybridized carbons (Fsp3) is 0.118. The van der Waals surface area contributed by atoms with E-state index < -0.39 is 11.8 Å². The van der Waals surface area contributed by atoms with Crippen molar-refractivity contribution in [3.05, 3.63) is 57.4 Å². The van der Waals surface area contributed by atoms with E-state index in [2.05, 4.69) is 22.6 Å². The molecule has 0 atom stereocenters. The van der Waals surface area contributed by atoms with Crippen LogP contribution in [0.2, 0.25) is 0 Å². The molecular weight excluding hydrogens is 437 g/mol. The maximum absolute atomic E-state index is 12.4. The van der Waals surface area contributed by atoms with Gasteiger partial charge in [0.05, 0.1) is 0 Å². The highest BCUT2D eigenvalue weighted by molar-refractivity contribution is 14.1. The lowest BCUT2D eigenvalue weighted by Gasteiger charge is -2.31. The van der Waals surface area contributed by atoms with Crippen LogP contribution in [0.1, 0.15) is 5.69 Å². The SMILES string of the molecule is CN1C(=O)C(=Cc2cccn2-c2ccc(I)cc2)C(=O)N(C)C1=S. The third kappa shape index (κ3) is 2.89. The van der Waals surface area contributed by atoms with Crippen LogP contribution >= 0.6 is 34.8 Å². The van der Waals surface area contributed by atoms with E-state index >= 15 is 0 Å². The van der Waals surface area contributed by atoms with E-state index in [-0.39, 0.29) is 10.7 Å². The number of halogens is 1. The molecule has 1 aromatic heterocycles. The summed E-state index contributed by atoms with van der Waals surface area (Å²) in [6.45, 7) is 0. The minimum Gasteiger partial charge on any atom is -0.317 e. The number of nitrogens with zero attached hydrogens (tertiary/aromatic N) is 3. The molecule has 0 bridgehead atoms. The van der Waals surface area contributed by atoms with E-state index in [1.54, 1.807) is 20.2 Å². The van der Waals surface area contributed by atoms with Crippen LogP contribution < -0.4 is 0 Å². The minimum absolute atomic E-state index is 0.0964. The summed E-state index contributed by atoms with van der Waals surface area (Å²) in [7, 11) is 3.14. The van der Waals surface area contributed by atoms with Crippen molar-refractivity contribution in [1.82, 2.24) is 14.4 Å². The van der Waals surface area contributed by atoms with Crippen LogP contribution in [-0.4, -0.2) is 45.4 Å². The average molecular weight is 451 g/mol. The van der Waals surface area contributed by atoms with Crippen LogP contribution in [0.15, 0.2) is 48.2 Å². The first-order valence-corrected chi connectivity index (χ1v) is 8.64. The molecule has 7 heteroatoms. The summed E-state index contributed by atoms with van der Waals surface area (Å²) in [5, 5.41) is 0.204. The van der Waals surface area contributed by atoms with Gasteiger partial charge >= 0.3 is 0 Å². The smallest absolute Gasteiger partial charge is 0.265 e. The predicted octanol–water partition coefficient (Wildman–Crippen LogP) is 2.68. The lowest BCUT2D eigenvalue weighted by atomic mass is 10.1. The van der Waals surface area contributed by atoms with E-state index in [1.165, 1.54) is 9.80 Å². The molecule has 2 aromatic rings. The van der Waals surface area contributed by atoms with Crippen LogP contribution in [0.5, 0.6) is 0 Å². The highest BCUT2D eigenvalue weighted by atomic mass is 127. The summed E-state index contributed by atoms with van der Waals surface area (Å²) in [4.78, 5) is 27.5. The van der Waals surface area contributed by atoms with E-state index in [0.717, 1.165) is 15.0 Å². The molecule has 0 radical (unpaired) electrons. The Hall–Kier alpha value is -2.00. The lowest BCUT2D eigenvalue weighted by molar-refractivity contribution is -0.132. The summed E-state index contributed by atoms with van der Waals surface area (Å²) >= 11 is 7.34. The number of carbonyl (C=O) groups excluding carboxylic acids is 2. The van der Waals surface area contributed by atoms with Crippen LogP contribution in [-0.2, 0) is 9.59 Å². The number of benzene rings is 1. The summed E-state index contributed by atoms with van der Waals surface area (Å²) in [6.07, 6.45) is 3.50. The molecule has 0 aliphatic carbocycles. The molecule has 1 fully saturated rings. The maximum Gasteiger partial charge on any atom is 0.265 e. The number of amides is 2. The second-order valence-corrected chi connectivity index (χ2v) is 6.96. The first-order chi connectivity index (χ1) is 11.4. The van der Waals surface area contributed by atoms with Crippen molar-refractivity contribution in [3.8, 4) is 5.69 Å². The average Bonchev–Trinajstić information content (AvgIpc) is 3.04. The standard InChI is InChI=1S/C17H14IN3O2S/c1-19-15(22)14(16(23)20(2)17(19)24)10-13-4-3-9-21(13)12-7-5-11(18)6-8-12/h3-10H,1-2H3. The molecule has 1 aliphatic rings. The molecule has 0 N–H and O–H groups in total. The molecule has 0 spiro atoms. The normalized spacial score (nSPS) is 15.3. The third-order valence-corrected chi connectivity index (χ3v) is 5.09. The van der Waals surface area contributed by atoms with Crippen LogP contribution in [0.25, 0.3) is 11.8 Å². The monoisotopic (exact) mass is 451 g/mol. The quantitative estimate of drug-likeness (QED) is 0.305. The van der Waals surface area contributed by atoms with Gasteiger partial charge in [-0.15, -0.1) is 0 Å². The zero-order chi connectivity index (χ0) is 17.4. The largest absolute Gasteiger partial charge is 0.317 e. The van der Waals surface area contributed by atoms with Gasteiger partial charge in [0.25, 0.3) is 11.8 Å². The number of thiocarbonyl (C=S) groups is 1. The van der Waals surface area contributed by atoms with Crippen LogP contribution in [0.3, 0.4) is 0 Å². The van der Waals surface area contributed by atoms with Gasteiger partial charge in [-0.25, -0.2) is 0 Å². The second kappa shape index (κ2) is 6.48. The maximum atomic E-state index is 12.4. The number of aromatic nitrogens is 1. The Morgan fingerprint density at radius 1 is 1.00 bits per heavy atom. The summed E-state index contributed by atoms with van der Waals surface area (Å²) in [6, 6.07) is 11.7. The van der Waals surface area contributed by atoms with Crippen LogP contribution in [0.4, 0.5) is 0 Å². The Bertz CT molecular complexity index is 844. The fourth-order valence-corrected chi connectivity index (χ4v) is 3.00. The van der Waals surface area contributed by atoms with Gasteiger partial charge in [-0.05, 0) is 77.3 Å². The Morgan fingerprint density at radius 2 is 1.58 bits per heavy atom. The van der Waals surface area contributed by atoms with Gasteiger partial charge in [-0.2, -0.15) is 0 Å². The van der Waals surface area contributed by atoms with Crippen molar-refractivity contribution in [2.24, 2.45) is 0 Å². The van der Waals surface area contributed by atoms with Gasteiger partial charge in [0.1, 0.15) is 5.57 Å². The molecule has 5 nitrogen and oxygen atoms in total. The van der Waals surface area contributed by atoms with Crippen molar-refractivity contribution in [1.29, 1.82) is 0 Å². The van der Waals surface area contributed by atoms with Crippen molar-refractivity contribution >= 4 is 57.8 Å². The van der Waals surface area contributed by atoms with Gasteiger partial charge in [-0.3, -0.25) is 19.4 Å². The van der Waals surface area contributed by atoms with Gasteiger partial charge in [0.2, 0.25) is 0 Å². The van der Waals surface area contributed by atoms with E-state index in [9.17, 15) is 9.59 Å². The Balaban J connectivity index is 2.05. The molecule has 1 saturated heterocycles. The van der Waals surface area contributed by atoms with Gasteiger partial charge < -0.3 is 4.57 Å².